The second-order valence-electron chi connectivity index (χ2n) is 7.36. The quantitative estimate of drug-likeness (QED) is 0.622. The summed E-state index contributed by atoms with van der Waals surface area (Å²) in [5.74, 6) is 0. The molecule has 113 valence electrons. The molecule has 2 heterocycles. The first kappa shape index (κ1) is 18.0. The van der Waals surface area contributed by atoms with Crippen LogP contribution in [0.4, 0.5) is 0 Å². The smallest absolute Gasteiger partial charge is 0.0889 e. The number of rotatable bonds is 1. The van der Waals surface area contributed by atoms with Gasteiger partial charge in [0, 0.05) is 32.8 Å². The van der Waals surface area contributed by atoms with E-state index in [1.165, 1.54) is 11.1 Å². The summed E-state index contributed by atoms with van der Waals surface area (Å²) in [6.45, 7) is 13.3. The third-order valence-corrected chi connectivity index (χ3v) is 3.51. The van der Waals surface area contributed by atoms with Crippen molar-refractivity contribution in [2.24, 2.45) is 0 Å². The van der Waals surface area contributed by atoms with Crippen molar-refractivity contribution in [3.8, 4) is 11.4 Å². The molecule has 2 rings (SSSR count). The molecule has 2 nitrogen and oxygen atoms in total. The summed E-state index contributed by atoms with van der Waals surface area (Å²) in [4.78, 5) is 8.97. The van der Waals surface area contributed by atoms with Gasteiger partial charge in [-0.3, -0.25) is 9.97 Å². The molecule has 0 bridgehead atoms. The van der Waals surface area contributed by atoms with E-state index in [0.29, 0.717) is 0 Å². The van der Waals surface area contributed by atoms with Crippen molar-refractivity contribution in [2.45, 2.75) is 52.4 Å². The molecule has 0 saturated carbocycles. The molecule has 0 aliphatic heterocycles. The predicted molar refractivity (Wildman–Crippen MR) is 84.9 cm³/mol. The fourth-order valence-corrected chi connectivity index (χ4v) is 2.07. The van der Waals surface area contributed by atoms with Gasteiger partial charge in [0.25, 0.3) is 0 Å². The van der Waals surface area contributed by atoms with Crippen LogP contribution in [0.5, 0.6) is 0 Å². The molecule has 0 fully saturated rings. The van der Waals surface area contributed by atoms with Gasteiger partial charge >= 0.3 is 0 Å². The van der Waals surface area contributed by atoms with Gasteiger partial charge < -0.3 is 0 Å². The Morgan fingerprint density at radius 2 is 1.00 bits per heavy atom. The molecule has 0 amide bonds. The fourth-order valence-electron chi connectivity index (χ4n) is 2.07. The maximum atomic E-state index is 4.48. The summed E-state index contributed by atoms with van der Waals surface area (Å²) >= 11 is 0. The molecule has 2 aromatic rings. The minimum atomic E-state index is 0. The Balaban J connectivity index is 0.00000220. The average molecular weight is 455 g/mol. The van der Waals surface area contributed by atoms with Gasteiger partial charge in [0.05, 0.1) is 11.4 Å². The van der Waals surface area contributed by atoms with Crippen LogP contribution in [0.1, 0.15) is 52.7 Å². The average Bonchev–Trinajstić information content (AvgIpc) is 2.37. The molecule has 0 aliphatic carbocycles. The second-order valence-corrected chi connectivity index (χ2v) is 7.36. The molecule has 0 spiro atoms. The van der Waals surface area contributed by atoms with Crippen molar-refractivity contribution in [3.63, 3.8) is 0 Å². The Morgan fingerprint density at radius 1 is 0.667 bits per heavy atom. The van der Waals surface area contributed by atoms with Crippen LogP contribution in [-0.2, 0) is 31.3 Å². The van der Waals surface area contributed by atoms with Crippen LogP contribution in [0, 0.1) is 0 Å². The molecule has 0 aliphatic rings. The summed E-state index contributed by atoms with van der Waals surface area (Å²) in [5.41, 5.74) is 4.71. The predicted octanol–water partition coefficient (Wildman–Crippen LogP) is 4.74. The summed E-state index contributed by atoms with van der Waals surface area (Å²) in [6, 6.07) is 8.46. The normalized spacial score (nSPS) is 11.9. The minimum Gasteiger partial charge on any atom is -0.255 e. The van der Waals surface area contributed by atoms with Crippen LogP contribution < -0.4 is 0 Å². The Hall–Kier alpha value is -1.04. The van der Waals surface area contributed by atoms with E-state index in [0.717, 1.165) is 11.4 Å². The summed E-state index contributed by atoms with van der Waals surface area (Å²) in [5, 5.41) is 0. The maximum Gasteiger partial charge on any atom is 0.0889 e. The van der Waals surface area contributed by atoms with Crippen LogP contribution >= 0.6 is 0 Å². The number of hydrogen-bond donors (Lipinski definition) is 0. The minimum absolute atomic E-state index is 0. The van der Waals surface area contributed by atoms with E-state index >= 15 is 0 Å². The van der Waals surface area contributed by atoms with E-state index in [1.54, 1.807) is 0 Å². The zero-order chi connectivity index (χ0) is 15.0. The van der Waals surface area contributed by atoms with Gasteiger partial charge in [-0.25, -0.2) is 0 Å². The number of pyridine rings is 2. The molecule has 0 unspecified atom stereocenters. The molecule has 0 aromatic carbocycles. The van der Waals surface area contributed by atoms with E-state index in [9.17, 15) is 0 Å². The molecule has 0 N–H and O–H groups in total. The Morgan fingerprint density at radius 3 is 1.29 bits per heavy atom. The Bertz CT molecular complexity index is 552. The second kappa shape index (κ2) is 6.38. The topological polar surface area (TPSA) is 25.8 Å². The largest absolute Gasteiger partial charge is 0.255 e. The van der Waals surface area contributed by atoms with E-state index < -0.39 is 0 Å². The fraction of sp³-hybridized carbons (Fsp3) is 0.444. The zero-order valence-electron chi connectivity index (χ0n) is 13.7. The number of aromatic nitrogens is 2. The Labute approximate surface area is 142 Å². The van der Waals surface area contributed by atoms with Crippen LogP contribution in [-0.4, -0.2) is 9.97 Å². The standard InChI is InChI=1S/C18H24N2.Re/c1-17(2,3)13-7-9-19-15(11-13)16-12-14(8-10-20-16)18(4,5)6;/h7-12H,1-6H3;. The third kappa shape index (κ3) is 4.46. The van der Waals surface area contributed by atoms with Gasteiger partial charge in [0.2, 0.25) is 0 Å². The summed E-state index contributed by atoms with van der Waals surface area (Å²) in [6.07, 6.45) is 3.75. The van der Waals surface area contributed by atoms with Gasteiger partial charge in [-0.15, -0.1) is 0 Å². The van der Waals surface area contributed by atoms with Crippen molar-refractivity contribution >= 4 is 0 Å². The monoisotopic (exact) mass is 455 g/mol. The van der Waals surface area contributed by atoms with Gasteiger partial charge in [-0.05, 0) is 46.2 Å². The van der Waals surface area contributed by atoms with Crippen molar-refractivity contribution in [1.29, 1.82) is 0 Å². The molecule has 2 aromatic heterocycles. The number of nitrogens with zero attached hydrogens (tertiary/aromatic N) is 2. The molecule has 21 heavy (non-hydrogen) atoms. The van der Waals surface area contributed by atoms with Crippen LogP contribution in [0.3, 0.4) is 0 Å². The molecular formula is C18H24N2Re. The van der Waals surface area contributed by atoms with Crippen LogP contribution in [0.25, 0.3) is 11.4 Å². The van der Waals surface area contributed by atoms with Gasteiger partial charge in [0.15, 0.2) is 0 Å². The molecular weight excluding hydrogens is 430 g/mol. The number of hydrogen-bond acceptors (Lipinski definition) is 2. The van der Waals surface area contributed by atoms with Gasteiger partial charge in [0.1, 0.15) is 0 Å². The first-order chi connectivity index (χ1) is 9.18. The molecule has 1 radical (unpaired) electrons. The molecule has 0 saturated heterocycles. The Kier molecular flexibility index (Phi) is 5.47. The van der Waals surface area contributed by atoms with E-state index in [1.807, 2.05) is 12.4 Å². The van der Waals surface area contributed by atoms with Crippen molar-refractivity contribution in [1.82, 2.24) is 9.97 Å². The molecule has 3 heteroatoms. The maximum absolute atomic E-state index is 4.48. The SMILES string of the molecule is CC(C)(C)c1ccnc(-c2cc(C(C)(C)C)ccn2)c1.[Re]. The van der Waals surface area contributed by atoms with Gasteiger partial charge in [-0.2, -0.15) is 0 Å². The van der Waals surface area contributed by atoms with Crippen LogP contribution in [0.15, 0.2) is 36.7 Å². The third-order valence-electron chi connectivity index (χ3n) is 3.51. The van der Waals surface area contributed by atoms with Crippen LogP contribution in [0.2, 0.25) is 0 Å². The van der Waals surface area contributed by atoms with E-state index in [2.05, 4.69) is 75.8 Å². The summed E-state index contributed by atoms with van der Waals surface area (Å²) < 4.78 is 0. The first-order valence-electron chi connectivity index (χ1n) is 7.11. The van der Waals surface area contributed by atoms with Crippen molar-refractivity contribution in [3.05, 3.63) is 47.8 Å². The van der Waals surface area contributed by atoms with Crippen molar-refractivity contribution in [2.75, 3.05) is 0 Å². The first-order valence-corrected chi connectivity index (χ1v) is 7.11. The zero-order valence-corrected chi connectivity index (χ0v) is 16.5. The summed E-state index contributed by atoms with van der Waals surface area (Å²) in [7, 11) is 0. The van der Waals surface area contributed by atoms with E-state index in [-0.39, 0.29) is 31.3 Å². The van der Waals surface area contributed by atoms with Gasteiger partial charge in [-0.1, -0.05) is 41.5 Å². The van der Waals surface area contributed by atoms with Crippen molar-refractivity contribution < 1.29 is 20.4 Å². The van der Waals surface area contributed by atoms with E-state index in [4.69, 9.17) is 0 Å². The molecule has 0 atom stereocenters.